The first kappa shape index (κ1) is 12.8. The summed E-state index contributed by atoms with van der Waals surface area (Å²) in [5.41, 5.74) is 3.36. The number of Topliss-reactive ketones (excluding diaryl/α,β-unsaturated/α-hetero) is 1. The van der Waals surface area contributed by atoms with Crippen molar-refractivity contribution in [2.24, 2.45) is 0 Å². The number of anilines is 1. The second-order valence-corrected chi connectivity index (χ2v) is 4.30. The van der Waals surface area contributed by atoms with Crippen molar-refractivity contribution in [2.75, 3.05) is 5.32 Å². The molecule has 2 aromatic carbocycles. The number of hydrogen-bond donors (Lipinski definition) is 1. The molecule has 0 fully saturated rings. The van der Waals surface area contributed by atoms with Crippen LogP contribution in [0.1, 0.15) is 28.4 Å². The first-order valence-electron chi connectivity index (χ1n) is 6.03. The van der Waals surface area contributed by atoms with Crippen molar-refractivity contribution >= 4 is 11.5 Å². The maximum atomic E-state index is 11.3. The Bertz CT molecular complexity index is 624. The van der Waals surface area contributed by atoms with Gasteiger partial charge in [0.15, 0.2) is 5.78 Å². The van der Waals surface area contributed by atoms with Crippen LogP contribution in [0.15, 0.2) is 48.5 Å². The molecule has 0 aromatic heterocycles. The summed E-state index contributed by atoms with van der Waals surface area (Å²) in [6, 6.07) is 16.9. The molecule has 0 atom stereocenters. The van der Waals surface area contributed by atoms with E-state index < -0.39 is 0 Å². The molecule has 94 valence electrons. The number of hydrogen-bond acceptors (Lipinski definition) is 3. The molecule has 0 saturated heterocycles. The number of nitriles is 1. The van der Waals surface area contributed by atoms with Crippen molar-refractivity contribution < 1.29 is 4.79 Å². The molecular weight excluding hydrogens is 236 g/mol. The van der Waals surface area contributed by atoms with Gasteiger partial charge in [-0.15, -0.1) is 0 Å². The third-order valence-electron chi connectivity index (χ3n) is 2.85. The summed E-state index contributed by atoms with van der Waals surface area (Å²) in [4.78, 5) is 11.3. The number of rotatable bonds is 4. The Balaban J connectivity index is 2.03. The van der Waals surface area contributed by atoms with Gasteiger partial charge in [-0.3, -0.25) is 4.79 Å². The van der Waals surface area contributed by atoms with Crippen LogP contribution in [-0.2, 0) is 6.54 Å². The molecule has 0 saturated carbocycles. The highest BCUT2D eigenvalue weighted by Gasteiger charge is 2.00. The SMILES string of the molecule is CC(=O)c1cccc(NCc2ccc(C#N)cc2)c1. The Morgan fingerprint density at radius 3 is 2.58 bits per heavy atom. The normalized spacial score (nSPS) is 9.68. The van der Waals surface area contributed by atoms with Crippen LogP contribution in [0.25, 0.3) is 0 Å². The van der Waals surface area contributed by atoms with E-state index in [1.165, 1.54) is 0 Å². The van der Waals surface area contributed by atoms with Gasteiger partial charge in [0, 0.05) is 17.8 Å². The second-order valence-electron chi connectivity index (χ2n) is 4.30. The average Bonchev–Trinajstić information content (AvgIpc) is 2.46. The number of carbonyl (C=O) groups excluding carboxylic acids is 1. The predicted octanol–water partition coefficient (Wildman–Crippen LogP) is 3.37. The lowest BCUT2D eigenvalue weighted by molar-refractivity contribution is 0.101. The minimum absolute atomic E-state index is 0.0574. The van der Waals surface area contributed by atoms with Gasteiger partial charge in [0.05, 0.1) is 11.6 Å². The van der Waals surface area contributed by atoms with Crippen molar-refractivity contribution in [3.05, 3.63) is 65.2 Å². The fraction of sp³-hybridized carbons (Fsp3) is 0.125. The van der Waals surface area contributed by atoms with Gasteiger partial charge in [-0.1, -0.05) is 24.3 Å². The fourth-order valence-electron chi connectivity index (χ4n) is 1.75. The third kappa shape index (κ3) is 3.43. The zero-order chi connectivity index (χ0) is 13.7. The molecule has 1 N–H and O–H groups in total. The van der Waals surface area contributed by atoms with Crippen molar-refractivity contribution in [3.8, 4) is 6.07 Å². The highest BCUT2D eigenvalue weighted by Crippen LogP contribution is 2.13. The summed E-state index contributed by atoms with van der Waals surface area (Å²) in [7, 11) is 0. The van der Waals surface area contributed by atoms with E-state index in [1.807, 2.05) is 30.3 Å². The molecule has 0 unspecified atom stereocenters. The molecule has 2 rings (SSSR count). The van der Waals surface area contributed by atoms with Gasteiger partial charge < -0.3 is 5.32 Å². The van der Waals surface area contributed by atoms with Crippen LogP contribution in [0.3, 0.4) is 0 Å². The smallest absolute Gasteiger partial charge is 0.159 e. The number of ketones is 1. The van der Waals surface area contributed by atoms with Crippen molar-refractivity contribution in [1.82, 2.24) is 0 Å². The highest BCUT2D eigenvalue weighted by molar-refractivity contribution is 5.94. The average molecular weight is 250 g/mol. The molecule has 0 spiro atoms. The van der Waals surface area contributed by atoms with Gasteiger partial charge in [0.1, 0.15) is 0 Å². The van der Waals surface area contributed by atoms with Crippen LogP contribution >= 0.6 is 0 Å². The van der Waals surface area contributed by atoms with Crippen LogP contribution < -0.4 is 5.32 Å². The summed E-state index contributed by atoms with van der Waals surface area (Å²) < 4.78 is 0. The highest BCUT2D eigenvalue weighted by atomic mass is 16.1. The minimum Gasteiger partial charge on any atom is -0.381 e. The molecule has 0 aliphatic heterocycles. The van der Waals surface area contributed by atoms with Gasteiger partial charge >= 0.3 is 0 Å². The van der Waals surface area contributed by atoms with Crippen molar-refractivity contribution in [2.45, 2.75) is 13.5 Å². The molecule has 0 bridgehead atoms. The molecule has 19 heavy (non-hydrogen) atoms. The number of benzene rings is 2. The Labute approximate surface area is 112 Å². The molecular formula is C16H14N2O. The fourth-order valence-corrected chi connectivity index (χ4v) is 1.75. The second kappa shape index (κ2) is 5.83. The van der Waals surface area contributed by atoms with E-state index in [0.717, 1.165) is 11.3 Å². The van der Waals surface area contributed by atoms with Crippen LogP contribution in [0.2, 0.25) is 0 Å². The number of carbonyl (C=O) groups is 1. The minimum atomic E-state index is 0.0574. The number of nitrogens with one attached hydrogen (secondary N) is 1. The Hall–Kier alpha value is -2.60. The Morgan fingerprint density at radius 2 is 1.95 bits per heavy atom. The summed E-state index contributed by atoms with van der Waals surface area (Å²) >= 11 is 0. The van der Waals surface area contributed by atoms with Crippen LogP contribution in [-0.4, -0.2) is 5.78 Å². The zero-order valence-corrected chi connectivity index (χ0v) is 10.7. The molecule has 2 aromatic rings. The van der Waals surface area contributed by atoms with Crippen LogP contribution in [0.5, 0.6) is 0 Å². The summed E-state index contributed by atoms with van der Waals surface area (Å²) in [6.45, 7) is 2.22. The van der Waals surface area contributed by atoms with Gasteiger partial charge in [-0.25, -0.2) is 0 Å². The lowest BCUT2D eigenvalue weighted by Crippen LogP contribution is -2.01. The van der Waals surface area contributed by atoms with Gasteiger partial charge in [0.25, 0.3) is 0 Å². The van der Waals surface area contributed by atoms with E-state index >= 15 is 0 Å². The molecule has 3 heteroatoms. The lowest BCUT2D eigenvalue weighted by Gasteiger charge is -2.07. The first-order chi connectivity index (χ1) is 9.19. The van der Waals surface area contributed by atoms with Gasteiger partial charge in [0.2, 0.25) is 0 Å². The van der Waals surface area contributed by atoms with E-state index in [-0.39, 0.29) is 5.78 Å². The summed E-state index contributed by atoms with van der Waals surface area (Å²) in [6.07, 6.45) is 0. The van der Waals surface area contributed by atoms with E-state index in [1.54, 1.807) is 25.1 Å². The topological polar surface area (TPSA) is 52.9 Å². The zero-order valence-electron chi connectivity index (χ0n) is 10.7. The maximum absolute atomic E-state index is 11.3. The van der Waals surface area contributed by atoms with E-state index in [0.29, 0.717) is 17.7 Å². The van der Waals surface area contributed by atoms with Gasteiger partial charge in [-0.2, -0.15) is 5.26 Å². The largest absolute Gasteiger partial charge is 0.381 e. The lowest BCUT2D eigenvalue weighted by atomic mass is 10.1. The van der Waals surface area contributed by atoms with E-state index in [2.05, 4.69) is 11.4 Å². The quantitative estimate of drug-likeness (QED) is 0.846. The van der Waals surface area contributed by atoms with Crippen LogP contribution in [0.4, 0.5) is 5.69 Å². The van der Waals surface area contributed by atoms with E-state index in [9.17, 15) is 4.79 Å². The monoisotopic (exact) mass is 250 g/mol. The number of nitrogens with zero attached hydrogens (tertiary/aromatic N) is 1. The van der Waals surface area contributed by atoms with Crippen molar-refractivity contribution in [3.63, 3.8) is 0 Å². The van der Waals surface area contributed by atoms with Gasteiger partial charge in [-0.05, 0) is 36.8 Å². The Kier molecular flexibility index (Phi) is 3.94. The third-order valence-corrected chi connectivity index (χ3v) is 2.85. The van der Waals surface area contributed by atoms with Crippen molar-refractivity contribution in [1.29, 1.82) is 5.26 Å². The van der Waals surface area contributed by atoms with Crippen LogP contribution in [0, 0.1) is 11.3 Å². The van der Waals surface area contributed by atoms with E-state index in [4.69, 9.17) is 5.26 Å². The molecule has 0 amide bonds. The summed E-state index contributed by atoms with van der Waals surface area (Å²) in [5.74, 6) is 0.0574. The summed E-state index contributed by atoms with van der Waals surface area (Å²) in [5, 5.41) is 12.0. The standard InChI is InChI=1S/C16H14N2O/c1-12(19)15-3-2-4-16(9-15)18-11-14-7-5-13(10-17)6-8-14/h2-9,18H,11H2,1H3. The molecule has 0 radical (unpaired) electrons. The maximum Gasteiger partial charge on any atom is 0.159 e. The first-order valence-corrected chi connectivity index (χ1v) is 6.03. The molecule has 0 heterocycles. The predicted molar refractivity (Wildman–Crippen MR) is 74.9 cm³/mol. The Morgan fingerprint density at radius 1 is 1.21 bits per heavy atom. The molecule has 3 nitrogen and oxygen atoms in total. The molecule has 0 aliphatic carbocycles. The molecule has 0 aliphatic rings.